The monoisotopic (exact) mass is 971 g/mol. The van der Waals surface area contributed by atoms with E-state index in [9.17, 15) is 14.4 Å². The highest BCUT2D eigenvalue weighted by Crippen LogP contribution is 2.17. The van der Waals surface area contributed by atoms with Crippen molar-refractivity contribution in [2.75, 3.05) is 13.2 Å². The van der Waals surface area contributed by atoms with Crippen LogP contribution < -0.4 is 0 Å². The second kappa shape index (κ2) is 58.5. The number of hydrogen-bond donors (Lipinski definition) is 0. The van der Waals surface area contributed by atoms with Gasteiger partial charge in [0, 0.05) is 19.3 Å². The molecule has 0 fully saturated rings. The lowest BCUT2D eigenvalue weighted by Gasteiger charge is -2.18. The summed E-state index contributed by atoms with van der Waals surface area (Å²) in [7, 11) is 0. The summed E-state index contributed by atoms with van der Waals surface area (Å²) in [5.41, 5.74) is 0. The number of rotatable bonds is 57. The van der Waals surface area contributed by atoms with Gasteiger partial charge in [-0.2, -0.15) is 0 Å². The Labute approximate surface area is 430 Å². The molecule has 6 nitrogen and oxygen atoms in total. The van der Waals surface area contributed by atoms with Gasteiger partial charge >= 0.3 is 17.9 Å². The van der Waals surface area contributed by atoms with Crippen molar-refractivity contribution in [2.45, 2.75) is 348 Å². The van der Waals surface area contributed by atoms with Crippen LogP contribution in [0.5, 0.6) is 0 Å². The van der Waals surface area contributed by atoms with Gasteiger partial charge in [-0.1, -0.05) is 276 Å². The molecule has 0 aliphatic carbocycles. The number of carbonyl (C=O) groups excluding carboxylic acids is 3. The normalized spacial score (nSPS) is 12.1. The first-order chi connectivity index (χ1) is 34.0. The van der Waals surface area contributed by atoms with Gasteiger partial charge in [-0.05, 0) is 70.6 Å². The summed E-state index contributed by atoms with van der Waals surface area (Å²) in [5.74, 6) is -0.857. The Balaban J connectivity index is 4.25. The predicted octanol–water partition coefficient (Wildman–Crippen LogP) is 20.7. The van der Waals surface area contributed by atoms with Gasteiger partial charge in [-0.3, -0.25) is 14.4 Å². The smallest absolute Gasteiger partial charge is 0.306 e. The zero-order chi connectivity index (χ0) is 50.0. The first kappa shape index (κ1) is 66.9. The molecule has 0 aliphatic rings. The van der Waals surface area contributed by atoms with Crippen molar-refractivity contribution >= 4 is 17.9 Å². The summed E-state index contributed by atoms with van der Waals surface area (Å²) in [6, 6.07) is 0. The molecule has 0 aliphatic heterocycles. The molecular weight excluding hydrogens is 853 g/mol. The van der Waals surface area contributed by atoms with Gasteiger partial charge in [0.15, 0.2) is 6.10 Å². The molecule has 0 radical (unpaired) electrons. The predicted molar refractivity (Wildman–Crippen MR) is 298 cm³/mol. The van der Waals surface area contributed by atoms with Crippen LogP contribution in [0.3, 0.4) is 0 Å². The maximum Gasteiger partial charge on any atom is 0.306 e. The molecule has 0 aromatic heterocycles. The van der Waals surface area contributed by atoms with Crippen molar-refractivity contribution in [1.29, 1.82) is 0 Å². The number of allylic oxidation sites excluding steroid dienone is 4. The fourth-order valence-electron chi connectivity index (χ4n) is 9.26. The number of esters is 3. The van der Waals surface area contributed by atoms with Gasteiger partial charge in [0.25, 0.3) is 0 Å². The largest absolute Gasteiger partial charge is 0.462 e. The van der Waals surface area contributed by atoms with Crippen LogP contribution in [0.25, 0.3) is 0 Å². The van der Waals surface area contributed by atoms with Gasteiger partial charge in [0.1, 0.15) is 13.2 Å². The van der Waals surface area contributed by atoms with Crippen molar-refractivity contribution < 1.29 is 28.6 Å². The van der Waals surface area contributed by atoms with E-state index in [4.69, 9.17) is 14.2 Å². The van der Waals surface area contributed by atoms with E-state index in [1.54, 1.807) is 0 Å². The standard InChI is InChI=1S/C63H118O6/c1-4-7-10-13-16-19-22-25-28-29-30-31-32-33-34-35-36-39-41-44-47-50-53-56-62(65)68-59-60(69-63(66)57-54-51-48-45-42-38-27-24-21-18-15-12-9-6-3)58-67-61(64)55-52-49-46-43-40-37-26-23-20-17-14-11-8-5-2/h24,27,29-30,60H,4-23,25-26,28,31-59H2,1-3H3/b27-24-,30-29-. The molecule has 0 amide bonds. The van der Waals surface area contributed by atoms with Crippen molar-refractivity contribution in [3.8, 4) is 0 Å². The molecule has 0 aromatic rings. The molecule has 0 aromatic carbocycles. The Kier molecular flexibility index (Phi) is 56.7. The molecule has 1 unspecified atom stereocenters. The van der Waals surface area contributed by atoms with E-state index in [0.717, 1.165) is 64.2 Å². The minimum absolute atomic E-state index is 0.0699. The summed E-state index contributed by atoms with van der Waals surface area (Å²) in [4.78, 5) is 38.2. The van der Waals surface area contributed by atoms with Gasteiger partial charge in [-0.15, -0.1) is 0 Å². The van der Waals surface area contributed by atoms with Gasteiger partial charge in [0.05, 0.1) is 0 Å². The van der Waals surface area contributed by atoms with Gasteiger partial charge in [0.2, 0.25) is 0 Å². The highest BCUT2D eigenvalue weighted by molar-refractivity contribution is 5.71. The molecule has 0 bridgehead atoms. The first-order valence-electron chi connectivity index (χ1n) is 30.8. The van der Waals surface area contributed by atoms with E-state index in [1.807, 2.05) is 0 Å². The Morgan fingerprint density at radius 3 is 0.725 bits per heavy atom. The lowest BCUT2D eigenvalue weighted by atomic mass is 10.0. The third-order valence-corrected chi connectivity index (χ3v) is 13.9. The Bertz CT molecular complexity index is 1110. The zero-order valence-corrected chi connectivity index (χ0v) is 46.6. The molecule has 0 rings (SSSR count). The maximum atomic E-state index is 12.9. The molecule has 6 heteroatoms. The molecule has 1 atom stereocenters. The van der Waals surface area contributed by atoms with Gasteiger partial charge < -0.3 is 14.2 Å². The number of unbranched alkanes of at least 4 members (excludes halogenated alkanes) is 42. The Hall–Kier alpha value is -2.11. The molecule has 406 valence electrons. The lowest BCUT2D eigenvalue weighted by molar-refractivity contribution is -0.167. The summed E-state index contributed by atoms with van der Waals surface area (Å²) in [5, 5.41) is 0. The quantitative estimate of drug-likeness (QED) is 0.0261. The molecular formula is C63H118O6. The van der Waals surface area contributed by atoms with E-state index < -0.39 is 6.10 Å². The summed E-state index contributed by atoms with van der Waals surface area (Å²) < 4.78 is 16.9. The van der Waals surface area contributed by atoms with Crippen LogP contribution in [-0.4, -0.2) is 37.2 Å². The van der Waals surface area contributed by atoms with Crippen molar-refractivity contribution in [2.24, 2.45) is 0 Å². The van der Waals surface area contributed by atoms with E-state index >= 15 is 0 Å². The van der Waals surface area contributed by atoms with Crippen LogP contribution in [0.15, 0.2) is 24.3 Å². The van der Waals surface area contributed by atoms with Gasteiger partial charge in [-0.25, -0.2) is 0 Å². The molecule has 0 spiro atoms. The number of hydrogen-bond acceptors (Lipinski definition) is 6. The molecule has 69 heavy (non-hydrogen) atoms. The van der Waals surface area contributed by atoms with E-state index in [1.165, 1.54) is 238 Å². The summed E-state index contributed by atoms with van der Waals surface area (Å²) in [6.45, 7) is 6.68. The lowest BCUT2D eigenvalue weighted by Crippen LogP contribution is -2.30. The second-order valence-electron chi connectivity index (χ2n) is 21.0. The third-order valence-electron chi connectivity index (χ3n) is 13.9. The zero-order valence-electron chi connectivity index (χ0n) is 46.6. The molecule has 0 N–H and O–H groups in total. The average molecular weight is 972 g/mol. The highest BCUT2D eigenvalue weighted by atomic mass is 16.6. The minimum Gasteiger partial charge on any atom is -0.462 e. The van der Waals surface area contributed by atoms with Crippen LogP contribution in [0, 0.1) is 0 Å². The van der Waals surface area contributed by atoms with Crippen molar-refractivity contribution in [3.05, 3.63) is 24.3 Å². The summed E-state index contributed by atoms with van der Waals surface area (Å²) >= 11 is 0. The fourth-order valence-corrected chi connectivity index (χ4v) is 9.26. The van der Waals surface area contributed by atoms with Crippen LogP contribution in [0.2, 0.25) is 0 Å². The van der Waals surface area contributed by atoms with E-state index in [2.05, 4.69) is 45.1 Å². The summed E-state index contributed by atoms with van der Waals surface area (Å²) in [6.07, 6.45) is 68.9. The Morgan fingerprint density at radius 2 is 0.478 bits per heavy atom. The minimum atomic E-state index is -0.772. The molecule has 0 saturated carbocycles. The molecule has 0 saturated heterocycles. The van der Waals surface area contributed by atoms with Crippen LogP contribution >= 0.6 is 0 Å². The van der Waals surface area contributed by atoms with Crippen LogP contribution in [-0.2, 0) is 28.6 Å². The van der Waals surface area contributed by atoms with Crippen LogP contribution in [0.1, 0.15) is 342 Å². The molecule has 0 heterocycles. The first-order valence-corrected chi connectivity index (χ1v) is 30.8. The highest BCUT2D eigenvalue weighted by Gasteiger charge is 2.19. The van der Waals surface area contributed by atoms with E-state index in [-0.39, 0.29) is 31.1 Å². The van der Waals surface area contributed by atoms with Crippen LogP contribution in [0.4, 0.5) is 0 Å². The van der Waals surface area contributed by atoms with Crippen molar-refractivity contribution in [1.82, 2.24) is 0 Å². The van der Waals surface area contributed by atoms with E-state index in [0.29, 0.717) is 19.3 Å². The average Bonchev–Trinajstić information content (AvgIpc) is 3.35. The Morgan fingerprint density at radius 1 is 0.275 bits per heavy atom. The topological polar surface area (TPSA) is 78.9 Å². The number of carbonyl (C=O) groups is 3. The maximum absolute atomic E-state index is 12.9. The number of ether oxygens (including phenoxy) is 3. The second-order valence-corrected chi connectivity index (χ2v) is 21.0. The van der Waals surface area contributed by atoms with Crippen molar-refractivity contribution in [3.63, 3.8) is 0 Å². The third kappa shape index (κ3) is 56.7. The SMILES string of the molecule is CCCCCCC/C=C\CCCCCCCC(=O)OC(COC(=O)CCCCCCCCCCCCC/C=C\CCCCCCCCCC)COC(=O)CCCCCCCCCCCCCCCC. The fraction of sp³-hybridized carbons (Fsp3) is 0.889.